The van der Waals surface area contributed by atoms with Crippen molar-refractivity contribution in [3.05, 3.63) is 120 Å². The maximum atomic E-state index is 15.7. The lowest BCUT2D eigenvalue weighted by molar-refractivity contribution is -0.149. The van der Waals surface area contributed by atoms with E-state index in [1.807, 2.05) is 13.8 Å². The molecule has 43 heteroatoms. The van der Waals surface area contributed by atoms with Crippen LogP contribution in [0.25, 0.3) is 21.8 Å². The Morgan fingerprint density at radius 1 is 0.541 bits per heavy atom. The van der Waals surface area contributed by atoms with Crippen LogP contribution in [0.1, 0.15) is 141 Å². The number of ketones is 1. The van der Waals surface area contributed by atoms with E-state index in [4.69, 9.17) is 17.2 Å². The molecule has 3 aromatic heterocycles. The number of aliphatic hydroxyl groups is 2. The van der Waals surface area contributed by atoms with Crippen molar-refractivity contribution in [1.82, 2.24) is 92.3 Å². The monoisotopic (exact) mass is 1870 g/mol. The van der Waals surface area contributed by atoms with Gasteiger partial charge >= 0.3 is 0 Å². The molecule has 2 aliphatic heterocycles. The van der Waals surface area contributed by atoms with Crippen molar-refractivity contribution in [2.45, 2.75) is 229 Å². The third kappa shape index (κ3) is 29.6. The zero-order valence-electron chi connectivity index (χ0n) is 76.3. The SMILES string of the molecule is CCCC[C@H]1C(=O)N(C)[C@@H](CCCC)C(=O)N[C@@H](CC(C)C)C(=O)N[C@H](C(=O)NCC(N)=O)CSCC(=O)N[C@@H](Cc2ccc(O)cc2)C(=O)N(C)[C@@H](C)C(=O)N[C@@H](CC(N)=O)C(=O)N(C)[C@@H](C)C(=O)N[C@@H](Cc2cnc[nH]2)C(=O)N[C@@H](CCC(N)=O)C(=O)N2C[C@H](O)C[C@H]2C(=O)C[C@@H](Cc2c[nH]c3ccccc23)C(=O)N[C@@H](CO)C(=O)N[C@@H](Cc2c[nH]c3ccccc23)C(=O)N1C. The fraction of sp³-hybridized carbons (Fsp3) is 0.522. The van der Waals surface area contributed by atoms with E-state index in [9.17, 15) is 68.1 Å². The van der Waals surface area contributed by atoms with Gasteiger partial charge in [-0.05, 0) is 92.8 Å². The number of hydrogen-bond acceptors (Lipinski definition) is 23. The van der Waals surface area contributed by atoms with Crippen LogP contribution in [0.4, 0.5) is 0 Å². The molecule has 17 amide bonds. The van der Waals surface area contributed by atoms with Gasteiger partial charge < -0.3 is 120 Å². The highest BCUT2D eigenvalue weighted by Crippen LogP contribution is 2.30. The summed E-state index contributed by atoms with van der Waals surface area (Å²) in [6.07, 6.45) is 1.79. The summed E-state index contributed by atoms with van der Waals surface area (Å²) in [4.78, 5) is 280. The van der Waals surface area contributed by atoms with Gasteiger partial charge in [0.15, 0.2) is 5.78 Å². The van der Waals surface area contributed by atoms with Crippen molar-refractivity contribution >= 4 is 140 Å². The number of aliphatic hydroxyl groups excluding tert-OH is 2. The summed E-state index contributed by atoms with van der Waals surface area (Å²) in [5.41, 5.74) is 19.7. The number of imidazole rings is 1. The van der Waals surface area contributed by atoms with E-state index >= 15 is 33.6 Å². The molecule has 21 N–H and O–H groups in total. The van der Waals surface area contributed by atoms with E-state index in [1.54, 1.807) is 74.8 Å². The molecule has 133 heavy (non-hydrogen) atoms. The molecular weight excluding hydrogens is 1740 g/mol. The van der Waals surface area contributed by atoms with Gasteiger partial charge in [-0.25, -0.2) is 4.98 Å². The first-order valence-corrected chi connectivity index (χ1v) is 45.5. The van der Waals surface area contributed by atoms with Gasteiger partial charge in [0.1, 0.15) is 78.3 Å². The lowest BCUT2D eigenvalue weighted by Gasteiger charge is -2.36. The molecule has 42 nitrogen and oxygen atoms in total. The van der Waals surface area contributed by atoms with Gasteiger partial charge in [-0.15, -0.1) is 11.8 Å². The number of para-hydroxylation sites is 2. The third-order valence-corrected chi connectivity index (χ3v) is 24.8. The molecule has 2 fully saturated rings. The highest BCUT2D eigenvalue weighted by Gasteiger charge is 2.46. The summed E-state index contributed by atoms with van der Waals surface area (Å²) in [6.45, 7) is 7.34. The Bertz CT molecular complexity index is 5140. The fourth-order valence-electron chi connectivity index (χ4n) is 16.0. The van der Waals surface area contributed by atoms with Crippen molar-refractivity contribution in [3.8, 4) is 5.75 Å². The number of hydrogen-bond donors (Lipinski definition) is 18. The normalized spacial score (nSPS) is 24.6. The molecule has 0 spiro atoms. The van der Waals surface area contributed by atoms with Gasteiger partial charge in [0, 0.05) is 131 Å². The molecule has 0 unspecified atom stereocenters. The van der Waals surface area contributed by atoms with E-state index in [0.717, 1.165) is 38.4 Å². The molecule has 0 saturated carbocycles. The first-order chi connectivity index (χ1) is 63.1. The van der Waals surface area contributed by atoms with E-state index in [2.05, 4.69) is 67.8 Å². The number of aromatic amines is 3. The number of rotatable bonds is 25. The summed E-state index contributed by atoms with van der Waals surface area (Å²) in [5.74, 6) is -20.1. The standard InChI is InChI=1S/C90H125N21O21S/c1-11-13-23-70-85(127)102-63(31-48(3)4)82(124)106-69(81(123)97-42-76(93)118)45-133-46-77(119)99-65(32-51-25-27-56(113)28-26-51)86(128)107(7)50(6)79(121)103-67(38-75(92)117)87(129)108(8)49(5)78(120)101-64(36-55-41-94-47-98-55)83(125)100-62(29-30-74(91)116)89(131)111-43-57(114)37-72(111)73(115)35-52(33-53-39-95-60-21-17-15-19-58(53)60)80(122)105-68(44-112)84(126)104-66(34-54-40-96-61-22-18-16-20-59(54)61)88(130)110(10)71(24-14-12-2)90(132)109(70)9/h15-22,25-28,39-41,47-50,52,57,62-72,95-96,112-114H,11-14,23-24,29-38,42-46H2,1-10H3,(H2,91,116)(H2,92,117)(H2,93,118)(H,94,98)(H,97,123)(H,99,119)(H,100,125)(H,101,120)(H,102,127)(H,103,121)(H,104,126)(H,105,122)(H,106,124)/t49-,50-,52+,57+,62-,63-,64-,65-,66-,67-,68-,69-,70-,71-,72-/m0/s1. The topological polar surface area (TPSA) is 631 Å². The van der Waals surface area contributed by atoms with Crippen molar-refractivity contribution in [3.63, 3.8) is 0 Å². The molecule has 15 atom stereocenters. The third-order valence-electron chi connectivity index (χ3n) is 23.8. The molecule has 0 bridgehead atoms. The van der Waals surface area contributed by atoms with Gasteiger partial charge in [-0.1, -0.05) is 102 Å². The van der Waals surface area contributed by atoms with Gasteiger partial charge in [0.05, 0.1) is 43.8 Å². The number of H-pyrrole nitrogens is 3. The average molecular weight is 1870 g/mol. The Balaban J connectivity index is 1.20. The summed E-state index contributed by atoms with van der Waals surface area (Å²) in [7, 11) is 5.04. The molecule has 8 rings (SSSR count). The molecule has 5 heterocycles. The molecule has 722 valence electrons. The summed E-state index contributed by atoms with van der Waals surface area (Å²) in [5, 5.41) is 57.5. The first kappa shape index (κ1) is 105. The number of fused-ring (bicyclic) bond motifs is 3. The van der Waals surface area contributed by atoms with Crippen LogP contribution in [-0.4, -0.2) is 310 Å². The van der Waals surface area contributed by atoms with E-state index in [1.165, 1.54) is 76.7 Å². The Labute approximate surface area is 773 Å². The number of nitrogens with zero attached hydrogens (tertiary/aromatic N) is 6. The lowest BCUT2D eigenvalue weighted by atomic mass is 9.90. The van der Waals surface area contributed by atoms with Crippen LogP contribution in [0.5, 0.6) is 5.75 Å². The summed E-state index contributed by atoms with van der Waals surface area (Å²) in [6, 6.07) is -1.04. The number of likely N-dealkylation sites (N-methyl/N-ethyl adjacent to an activating group) is 4. The maximum absolute atomic E-state index is 15.7. The van der Waals surface area contributed by atoms with Crippen LogP contribution in [0.2, 0.25) is 0 Å². The predicted molar refractivity (Wildman–Crippen MR) is 488 cm³/mol. The van der Waals surface area contributed by atoms with Crippen LogP contribution in [0.15, 0.2) is 97.7 Å². The molecule has 0 radical (unpaired) electrons. The lowest BCUT2D eigenvalue weighted by Crippen LogP contribution is -2.61. The Morgan fingerprint density at radius 3 is 1.64 bits per heavy atom. The van der Waals surface area contributed by atoms with E-state index < -0.39 is 266 Å². The maximum Gasteiger partial charge on any atom is 0.246 e. The number of phenols is 1. The minimum absolute atomic E-state index is 0.00755. The number of unbranched alkanes of at least 4 members (excludes halogenated alkanes) is 2. The van der Waals surface area contributed by atoms with Crippen molar-refractivity contribution in [2.24, 2.45) is 29.0 Å². The summed E-state index contributed by atoms with van der Waals surface area (Å²) >= 11 is 0.780. The Hall–Kier alpha value is -13.3. The highest BCUT2D eigenvalue weighted by molar-refractivity contribution is 8.00. The zero-order chi connectivity index (χ0) is 97.8. The van der Waals surface area contributed by atoms with E-state index in [0.29, 0.717) is 64.2 Å². The minimum Gasteiger partial charge on any atom is -0.508 e. The van der Waals surface area contributed by atoms with Gasteiger partial charge in [-0.3, -0.25) is 86.3 Å². The van der Waals surface area contributed by atoms with Crippen LogP contribution >= 0.6 is 11.8 Å². The largest absolute Gasteiger partial charge is 0.508 e. The molecule has 0 aliphatic carbocycles. The van der Waals surface area contributed by atoms with Crippen LogP contribution < -0.4 is 65.1 Å². The Morgan fingerprint density at radius 2 is 1.07 bits per heavy atom. The number of amides is 17. The van der Waals surface area contributed by atoms with Crippen molar-refractivity contribution in [2.75, 3.05) is 59.4 Å². The van der Waals surface area contributed by atoms with Crippen LogP contribution in [0.3, 0.4) is 0 Å². The second kappa shape index (κ2) is 49.8. The van der Waals surface area contributed by atoms with Gasteiger partial charge in [0.25, 0.3) is 0 Å². The van der Waals surface area contributed by atoms with Crippen LogP contribution in [0, 0.1) is 11.8 Å². The number of benzene rings is 3. The molecule has 6 aromatic rings. The van der Waals surface area contributed by atoms with Gasteiger partial charge in [-0.2, -0.15) is 0 Å². The number of carbonyl (C=O) groups is 18. The van der Waals surface area contributed by atoms with Crippen molar-refractivity contribution in [1.29, 1.82) is 0 Å². The second-order valence-electron chi connectivity index (χ2n) is 34.2. The zero-order valence-corrected chi connectivity index (χ0v) is 77.2. The number of thioether (sulfide) groups is 1. The van der Waals surface area contributed by atoms with Crippen LogP contribution in [-0.2, 0) is 112 Å². The number of nitrogens with two attached hydrogens (primary N) is 3. The number of nitrogens with one attached hydrogen (secondary N) is 12. The number of primary amides is 3. The number of phenolic OH excluding ortho intramolecular Hbond substituents is 1. The molecule has 3 aromatic carbocycles. The molecular formula is C90H125N21O21S. The fourth-order valence-corrected chi connectivity index (χ4v) is 16.8. The molecule has 2 saturated heterocycles. The quantitative estimate of drug-likeness (QED) is 0.0295. The van der Waals surface area contributed by atoms with E-state index in [-0.39, 0.29) is 55.9 Å². The Kier molecular flexibility index (Phi) is 39.3. The summed E-state index contributed by atoms with van der Waals surface area (Å²) < 4.78 is 0. The number of carbonyl (C=O) groups excluding carboxylic acids is 18. The minimum atomic E-state index is -1.88. The number of aromatic hydroxyl groups is 1. The first-order valence-electron chi connectivity index (χ1n) is 44.3. The number of aromatic nitrogens is 4. The second-order valence-corrected chi connectivity index (χ2v) is 35.3. The smallest absolute Gasteiger partial charge is 0.246 e. The van der Waals surface area contributed by atoms with Crippen molar-refractivity contribution < 1.29 is 102 Å². The number of Topliss-reactive ketones (excluding diaryl/α,β-unsaturated/α-hetero) is 1. The predicted octanol–water partition coefficient (Wildman–Crippen LogP) is -1.98. The average Bonchev–Trinajstić information content (AvgIpc) is 1.75. The van der Waals surface area contributed by atoms with Gasteiger partial charge in [0.2, 0.25) is 100 Å². The highest BCUT2D eigenvalue weighted by atomic mass is 32.2. The molecule has 2 aliphatic rings.